The quantitative estimate of drug-likeness (QED) is 0.629. The van der Waals surface area contributed by atoms with Crippen LogP contribution in [0.25, 0.3) is 0 Å². The Labute approximate surface area is 174 Å². The van der Waals surface area contributed by atoms with Gasteiger partial charge in [-0.1, -0.05) is 11.6 Å². The van der Waals surface area contributed by atoms with E-state index in [0.717, 1.165) is 17.7 Å². The van der Waals surface area contributed by atoms with Crippen LogP contribution in [0.5, 0.6) is 5.75 Å². The number of ether oxygens (including phenoxy) is 1. The molecule has 1 fully saturated rings. The Morgan fingerprint density at radius 2 is 1.86 bits per heavy atom. The van der Waals surface area contributed by atoms with Gasteiger partial charge in [0.1, 0.15) is 16.6 Å². The predicted octanol–water partition coefficient (Wildman–Crippen LogP) is 3.27. The van der Waals surface area contributed by atoms with Crippen molar-refractivity contribution < 1.29 is 17.9 Å². The van der Waals surface area contributed by atoms with E-state index in [-0.39, 0.29) is 12.3 Å². The number of carbonyl (C=O) groups excluding carboxylic acids is 1. The van der Waals surface area contributed by atoms with E-state index in [2.05, 4.69) is 0 Å². The van der Waals surface area contributed by atoms with Gasteiger partial charge in [-0.2, -0.15) is 4.31 Å². The molecule has 0 unspecified atom stereocenters. The average Bonchev–Trinajstić information content (AvgIpc) is 3.35. The van der Waals surface area contributed by atoms with E-state index >= 15 is 0 Å². The first-order valence-electron chi connectivity index (χ1n) is 9.07. The fourth-order valence-electron chi connectivity index (χ4n) is 2.89. The van der Waals surface area contributed by atoms with Crippen LogP contribution in [0, 0.1) is 0 Å². The summed E-state index contributed by atoms with van der Waals surface area (Å²) >= 11 is 7.01. The molecule has 1 aromatic carbocycles. The maximum atomic E-state index is 12.6. The van der Waals surface area contributed by atoms with Crippen LogP contribution < -0.4 is 4.74 Å². The van der Waals surface area contributed by atoms with Gasteiger partial charge < -0.3 is 9.64 Å². The third-order valence-corrected chi connectivity index (χ3v) is 8.26. The summed E-state index contributed by atoms with van der Waals surface area (Å²) in [5, 5.41) is 0.640. The van der Waals surface area contributed by atoms with Crippen molar-refractivity contribution in [1.29, 1.82) is 0 Å². The van der Waals surface area contributed by atoms with Crippen molar-refractivity contribution in [1.82, 2.24) is 9.21 Å². The number of nitrogens with zero attached hydrogens (tertiary/aromatic N) is 2. The molecule has 0 N–H and O–H groups in total. The van der Waals surface area contributed by atoms with Crippen molar-refractivity contribution in [2.75, 3.05) is 33.3 Å². The van der Waals surface area contributed by atoms with Gasteiger partial charge in [0, 0.05) is 30.0 Å². The Morgan fingerprint density at radius 1 is 1.18 bits per heavy atom. The molecule has 9 heteroatoms. The third-order valence-electron chi connectivity index (χ3n) is 4.56. The predicted molar refractivity (Wildman–Crippen MR) is 111 cm³/mol. The van der Waals surface area contributed by atoms with E-state index in [1.165, 1.54) is 15.6 Å². The summed E-state index contributed by atoms with van der Waals surface area (Å²) in [6.45, 7) is 1.95. The summed E-state index contributed by atoms with van der Waals surface area (Å²) < 4.78 is 32.6. The molecule has 1 aliphatic rings. The van der Waals surface area contributed by atoms with Gasteiger partial charge in [0.05, 0.1) is 13.0 Å². The van der Waals surface area contributed by atoms with E-state index in [0.29, 0.717) is 41.2 Å². The molecule has 2 aromatic rings. The van der Waals surface area contributed by atoms with E-state index in [1.807, 2.05) is 0 Å². The second-order valence-corrected chi connectivity index (χ2v) is 10.4. The van der Waals surface area contributed by atoms with Crippen LogP contribution in [0.15, 0.2) is 40.6 Å². The number of halogens is 1. The first-order chi connectivity index (χ1) is 13.4. The molecule has 0 atom stereocenters. The number of carbonyl (C=O) groups is 1. The van der Waals surface area contributed by atoms with Crippen LogP contribution in [0.4, 0.5) is 0 Å². The zero-order valence-electron chi connectivity index (χ0n) is 15.6. The van der Waals surface area contributed by atoms with Crippen LogP contribution in [0.3, 0.4) is 0 Å². The minimum atomic E-state index is -3.42. The van der Waals surface area contributed by atoms with Gasteiger partial charge in [0.15, 0.2) is 0 Å². The second kappa shape index (κ2) is 9.26. The highest BCUT2D eigenvalue weighted by Crippen LogP contribution is 2.27. The topological polar surface area (TPSA) is 66.9 Å². The molecular formula is C19H23ClN2O4S2. The number of amides is 1. The zero-order chi connectivity index (χ0) is 20.1. The SMILES string of the molecule is CN(CCOc1ccc(Cl)cc1)C(=O)Cc1ccc(S(=O)(=O)N2CCCC2)s1. The van der Waals surface area contributed by atoms with Crippen molar-refractivity contribution in [3.8, 4) is 5.75 Å². The lowest BCUT2D eigenvalue weighted by atomic mass is 10.3. The lowest BCUT2D eigenvalue weighted by molar-refractivity contribution is -0.129. The number of benzene rings is 1. The Balaban J connectivity index is 1.50. The summed E-state index contributed by atoms with van der Waals surface area (Å²) in [6, 6.07) is 10.4. The lowest BCUT2D eigenvalue weighted by Gasteiger charge is -2.17. The minimum absolute atomic E-state index is 0.0772. The van der Waals surface area contributed by atoms with Gasteiger partial charge in [-0.05, 0) is 49.2 Å². The van der Waals surface area contributed by atoms with E-state index in [1.54, 1.807) is 48.3 Å². The first-order valence-corrected chi connectivity index (χ1v) is 11.7. The number of rotatable bonds is 8. The van der Waals surface area contributed by atoms with Crippen LogP contribution >= 0.6 is 22.9 Å². The fourth-order valence-corrected chi connectivity index (χ4v) is 6.03. The van der Waals surface area contributed by atoms with Crippen LogP contribution in [-0.2, 0) is 21.2 Å². The summed E-state index contributed by atoms with van der Waals surface area (Å²) in [4.78, 5) is 14.7. The molecule has 1 aromatic heterocycles. The summed E-state index contributed by atoms with van der Waals surface area (Å²) in [6.07, 6.45) is 1.98. The van der Waals surface area contributed by atoms with Gasteiger partial charge in [0.2, 0.25) is 5.91 Å². The third kappa shape index (κ3) is 5.26. The largest absolute Gasteiger partial charge is 0.492 e. The normalized spacial score (nSPS) is 14.9. The van der Waals surface area contributed by atoms with Gasteiger partial charge in [-0.3, -0.25) is 4.79 Å². The molecule has 0 bridgehead atoms. The number of likely N-dealkylation sites (N-methyl/N-ethyl adjacent to an activating group) is 1. The molecule has 0 spiro atoms. The molecule has 28 heavy (non-hydrogen) atoms. The van der Waals surface area contributed by atoms with Gasteiger partial charge >= 0.3 is 0 Å². The Bertz CT molecular complexity index is 906. The molecule has 2 heterocycles. The summed E-state index contributed by atoms with van der Waals surface area (Å²) in [7, 11) is -1.71. The van der Waals surface area contributed by atoms with Crippen LogP contribution in [-0.4, -0.2) is 56.8 Å². The molecule has 0 aliphatic carbocycles. The van der Waals surface area contributed by atoms with Crippen LogP contribution in [0.2, 0.25) is 5.02 Å². The highest BCUT2D eigenvalue weighted by molar-refractivity contribution is 7.91. The fraction of sp³-hybridized carbons (Fsp3) is 0.421. The molecule has 6 nitrogen and oxygen atoms in total. The Kier molecular flexibility index (Phi) is 6.98. The maximum Gasteiger partial charge on any atom is 0.252 e. The van der Waals surface area contributed by atoms with Crippen molar-refractivity contribution in [3.63, 3.8) is 0 Å². The smallest absolute Gasteiger partial charge is 0.252 e. The minimum Gasteiger partial charge on any atom is -0.492 e. The van der Waals surface area contributed by atoms with Crippen LogP contribution in [0.1, 0.15) is 17.7 Å². The zero-order valence-corrected chi connectivity index (χ0v) is 18.0. The molecule has 1 amide bonds. The van der Waals surface area contributed by atoms with E-state index in [4.69, 9.17) is 16.3 Å². The summed E-state index contributed by atoms with van der Waals surface area (Å²) in [5.74, 6) is 0.618. The number of hydrogen-bond acceptors (Lipinski definition) is 5. The second-order valence-electron chi connectivity index (χ2n) is 6.63. The lowest BCUT2D eigenvalue weighted by Crippen LogP contribution is -2.31. The molecule has 152 valence electrons. The highest BCUT2D eigenvalue weighted by Gasteiger charge is 2.28. The standard InChI is InChI=1S/C19H23ClN2O4S2/c1-21(12-13-26-16-6-4-15(20)5-7-16)18(23)14-17-8-9-19(27-17)28(24,25)22-10-2-3-11-22/h4-9H,2-3,10-14H2,1H3. The van der Waals surface area contributed by atoms with Gasteiger partial charge in [-0.15, -0.1) is 11.3 Å². The maximum absolute atomic E-state index is 12.6. The molecule has 1 aliphatic heterocycles. The number of sulfonamides is 1. The molecule has 3 rings (SSSR count). The van der Waals surface area contributed by atoms with E-state index < -0.39 is 10.0 Å². The number of thiophene rings is 1. The van der Waals surface area contributed by atoms with Crippen molar-refractivity contribution in [3.05, 3.63) is 46.3 Å². The Morgan fingerprint density at radius 3 is 2.54 bits per heavy atom. The average molecular weight is 443 g/mol. The van der Waals surface area contributed by atoms with E-state index in [9.17, 15) is 13.2 Å². The van der Waals surface area contributed by atoms with Crippen molar-refractivity contribution in [2.45, 2.75) is 23.5 Å². The van der Waals surface area contributed by atoms with Gasteiger partial charge in [0.25, 0.3) is 10.0 Å². The number of hydrogen-bond donors (Lipinski definition) is 0. The van der Waals surface area contributed by atoms with Crippen molar-refractivity contribution >= 4 is 38.9 Å². The first kappa shape index (κ1) is 21.1. The molecule has 1 saturated heterocycles. The molecular weight excluding hydrogens is 420 g/mol. The molecule has 0 radical (unpaired) electrons. The Hall–Kier alpha value is -1.61. The highest BCUT2D eigenvalue weighted by atomic mass is 35.5. The summed E-state index contributed by atoms with van der Waals surface area (Å²) in [5.41, 5.74) is 0. The van der Waals surface area contributed by atoms with Crippen molar-refractivity contribution in [2.24, 2.45) is 0 Å². The molecule has 0 saturated carbocycles. The monoisotopic (exact) mass is 442 g/mol. The van der Waals surface area contributed by atoms with Gasteiger partial charge in [-0.25, -0.2) is 8.42 Å².